The summed E-state index contributed by atoms with van der Waals surface area (Å²) in [4.78, 5) is 18.9. The third-order valence-electron chi connectivity index (χ3n) is 3.23. The zero-order valence-electron chi connectivity index (χ0n) is 12.2. The minimum atomic E-state index is -0.0863. The van der Waals surface area contributed by atoms with E-state index in [2.05, 4.69) is 20.9 Å². The van der Waals surface area contributed by atoms with Gasteiger partial charge in [-0.2, -0.15) is 0 Å². The number of benzene rings is 2. The van der Waals surface area contributed by atoms with Crippen LogP contribution in [0.3, 0.4) is 0 Å². The molecule has 6 heteroatoms. The number of hydrogen-bond donors (Lipinski definition) is 1. The fourth-order valence-corrected chi connectivity index (χ4v) is 3.29. The monoisotopic (exact) mass is 388 g/mol. The van der Waals surface area contributed by atoms with Crippen molar-refractivity contribution in [2.24, 2.45) is 4.99 Å². The molecule has 1 heterocycles. The van der Waals surface area contributed by atoms with Gasteiger partial charge in [0.25, 0.3) is 5.91 Å². The summed E-state index contributed by atoms with van der Waals surface area (Å²) >= 11 is 4.71. The molecule has 0 unspecified atom stereocenters. The summed E-state index contributed by atoms with van der Waals surface area (Å²) in [6.07, 6.45) is 1.85. The highest BCUT2D eigenvalue weighted by Gasteiger charge is 2.30. The lowest BCUT2D eigenvalue weighted by Gasteiger charge is -2.07. The van der Waals surface area contributed by atoms with E-state index in [9.17, 15) is 9.90 Å². The molecular formula is C17H13BrN2O2S. The van der Waals surface area contributed by atoms with E-state index >= 15 is 0 Å². The Bertz CT molecular complexity index is 816. The van der Waals surface area contributed by atoms with Gasteiger partial charge >= 0.3 is 0 Å². The lowest BCUT2D eigenvalue weighted by Crippen LogP contribution is -2.23. The number of amides is 1. The molecule has 1 saturated heterocycles. The van der Waals surface area contributed by atoms with Gasteiger partial charge < -0.3 is 5.11 Å². The van der Waals surface area contributed by atoms with E-state index in [1.165, 1.54) is 16.7 Å². The highest BCUT2D eigenvalue weighted by Crippen LogP contribution is 2.33. The summed E-state index contributed by atoms with van der Waals surface area (Å²) in [5.41, 5.74) is 1.56. The Morgan fingerprint density at radius 3 is 2.65 bits per heavy atom. The number of hydrogen-bond acceptors (Lipinski definition) is 4. The van der Waals surface area contributed by atoms with E-state index in [1.54, 1.807) is 31.3 Å². The molecule has 2 aromatic carbocycles. The minimum absolute atomic E-state index is 0.0863. The van der Waals surface area contributed by atoms with E-state index in [4.69, 9.17) is 0 Å². The first-order chi connectivity index (χ1) is 11.0. The summed E-state index contributed by atoms with van der Waals surface area (Å²) in [7, 11) is 1.69. The van der Waals surface area contributed by atoms with Gasteiger partial charge in [-0.25, -0.2) is 4.99 Å². The maximum absolute atomic E-state index is 12.3. The number of rotatable bonds is 2. The van der Waals surface area contributed by atoms with E-state index < -0.39 is 0 Å². The van der Waals surface area contributed by atoms with Gasteiger partial charge in [-0.05, 0) is 47.7 Å². The molecule has 2 aromatic rings. The third kappa shape index (κ3) is 3.65. The van der Waals surface area contributed by atoms with Crippen molar-refractivity contribution in [1.29, 1.82) is 0 Å². The molecule has 1 aliphatic rings. The van der Waals surface area contributed by atoms with E-state index in [-0.39, 0.29) is 11.7 Å². The second-order valence-corrected chi connectivity index (χ2v) is 6.87. The average Bonchev–Trinajstić information content (AvgIpc) is 2.78. The third-order valence-corrected chi connectivity index (χ3v) is 4.81. The van der Waals surface area contributed by atoms with Gasteiger partial charge in [-0.3, -0.25) is 9.69 Å². The van der Waals surface area contributed by atoms with E-state index in [1.807, 2.05) is 30.3 Å². The fraction of sp³-hybridized carbons (Fsp3) is 0.0588. The molecule has 1 aliphatic heterocycles. The van der Waals surface area contributed by atoms with Crippen molar-refractivity contribution in [2.75, 3.05) is 7.05 Å². The van der Waals surface area contributed by atoms with Crippen molar-refractivity contribution in [3.8, 4) is 5.75 Å². The molecule has 3 rings (SSSR count). The Kier molecular flexibility index (Phi) is 4.54. The number of halogens is 1. The number of nitrogens with zero attached hydrogens (tertiary/aromatic N) is 2. The zero-order valence-corrected chi connectivity index (χ0v) is 14.6. The molecule has 1 fully saturated rings. The van der Waals surface area contributed by atoms with Gasteiger partial charge in [0.2, 0.25) is 0 Å². The summed E-state index contributed by atoms with van der Waals surface area (Å²) in [5, 5.41) is 10.1. The normalized spacial score (nSPS) is 18.2. The van der Waals surface area contributed by atoms with Crippen molar-refractivity contribution in [2.45, 2.75) is 0 Å². The standard InChI is InChI=1S/C17H13BrN2O2S/c1-20-16(22)15(9-11-5-7-12(18)8-6-11)23-17(20)19-13-3-2-4-14(21)10-13/h2-10,21H,1H3/b15-9-,19-17?. The summed E-state index contributed by atoms with van der Waals surface area (Å²) < 4.78 is 0.994. The summed E-state index contributed by atoms with van der Waals surface area (Å²) in [5.74, 6) is 0.0614. The van der Waals surface area contributed by atoms with Crippen LogP contribution in [0.25, 0.3) is 6.08 Å². The maximum atomic E-state index is 12.3. The molecule has 0 aromatic heterocycles. The number of carbonyl (C=O) groups is 1. The molecular weight excluding hydrogens is 376 g/mol. The van der Waals surface area contributed by atoms with Gasteiger partial charge in [0.1, 0.15) is 5.75 Å². The van der Waals surface area contributed by atoms with E-state index in [0.717, 1.165) is 10.0 Å². The van der Waals surface area contributed by atoms with Crippen LogP contribution in [-0.4, -0.2) is 28.1 Å². The van der Waals surface area contributed by atoms with Gasteiger partial charge in [0, 0.05) is 17.6 Å². The Hall–Kier alpha value is -2.05. The van der Waals surface area contributed by atoms with Crippen LogP contribution < -0.4 is 0 Å². The second-order valence-electron chi connectivity index (χ2n) is 4.94. The average molecular weight is 389 g/mol. The number of amidine groups is 1. The van der Waals surface area contributed by atoms with Crippen molar-refractivity contribution in [3.63, 3.8) is 0 Å². The largest absolute Gasteiger partial charge is 0.508 e. The molecule has 0 bridgehead atoms. The number of aliphatic imine (C=N–C) groups is 1. The molecule has 23 heavy (non-hydrogen) atoms. The number of aromatic hydroxyl groups is 1. The Labute approximate surface area is 146 Å². The van der Waals surface area contributed by atoms with Crippen LogP contribution in [-0.2, 0) is 4.79 Å². The first kappa shape index (κ1) is 15.8. The number of likely N-dealkylation sites (N-methyl/N-ethyl adjacent to an activating group) is 1. The molecule has 0 saturated carbocycles. The lowest BCUT2D eigenvalue weighted by molar-refractivity contribution is -0.121. The maximum Gasteiger partial charge on any atom is 0.266 e. The van der Waals surface area contributed by atoms with Crippen LogP contribution >= 0.6 is 27.7 Å². The fourth-order valence-electron chi connectivity index (χ4n) is 2.04. The van der Waals surface area contributed by atoms with Crippen molar-refractivity contribution in [1.82, 2.24) is 4.90 Å². The topological polar surface area (TPSA) is 52.9 Å². The molecule has 4 nitrogen and oxygen atoms in total. The highest BCUT2D eigenvalue weighted by molar-refractivity contribution is 9.10. The van der Waals surface area contributed by atoms with Gasteiger partial charge in [0.15, 0.2) is 5.17 Å². The van der Waals surface area contributed by atoms with Crippen LogP contribution in [0.2, 0.25) is 0 Å². The molecule has 0 radical (unpaired) electrons. The van der Waals surface area contributed by atoms with Crippen LogP contribution in [0.15, 0.2) is 62.9 Å². The summed E-state index contributed by atoms with van der Waals surface area (Å²) in [6.45, 7) is 0. The Morgan fingerprint density at radius 2 is 1.96 bits per heavy atom. The van der Waals surface area contributed by atoms with Crippen molar-refractivity contribution < 1.29 is 9.90 Å². The van der Waals surface area contributed by atoms with Crippen LogP contribution in [0.1, 0.15) is 5.56 Å². The van der Waals surface area contributed by atoms with Crippen LogP contribution in [0, 0.1) is 0 Å². The first-order valence-electron chi connectivity index (χ1n) is 6.84. The number of thioether (sulfide) groups is 1. The molecule has 1 amide bonds. The smallest absolute Gasteiger partial charge is 0.266 e. The SMILES string of the molecule is CN1C(=O)/C(=C/c2ccc(Br)cc2)SC1=Nc1cccc(O)c1. The lowest BCUT2D eigenvalue weighted by atomic mass is 10.2. The first-order valence-corrected chi connectivity index (χ1v) is 8.45. The van der Waals surface area contributed by atoms with Crippen molar-refractivity contribution in [3.05, 3.63) is 63.5 Å². The molecule has 0 aliphatic carbocycles. The quantitative estimate of drug-likeness (QED) is 0.776. The number of carbonyl (C=O) groups excluding carboxylic acids is 1. The molecule has 0 spiro atoms. The zero-order chi connectivity index (χ0) is 16.4. The van der Waals surface area contributed by atoms with Gasteiger partial charge in [-0.15, -0.1) is 0 Å². The number of phenols is 1. The van der Waals surface area contributed by atoms with Crippen molar-refractivity contribution >= 4 is 50.5 Å². The second kappa shape index (κ2) is 6.60. The predicted octanol–water partition coefficient (Wildman–Crippen LogP) is 4.39. The number of phenolic OH excluding ortho intramolecular Hbond substituents is 1. The Balaban J connectivity index is 1.89. The summed E-state index contributed by atoms with van der Waals surface area (Å²) in [6, 6.07) is 14.4. The minimum Gasteiger partial charge on any atom is -0.508 e. The molecule has 1 N–H and O–H groups in total. The van der Waals surface area contributed by atoms with Crippen LogP contribution in [0.5, 0.6) is 5.75 Å². The Morgan fingerprint density at radius 1 is 1.22 bits per heavy atom. The predicted molar refractivity (Wildman–Crippen MR) is 97.7 cm³/mol. The highest BCUT2D eigenvalue weighted by atomic mass is 79.9. The van der Waals surface area contributed by atoms with E-state index in [0.29, 0.717) is 15.8 Å². The van der Waals surface area contributed by atoms with Gasteiger partial charge in [0.05, 0.1) is 10.6 Å². The van der Waals surface area contributed by atoms with Crippen LogP contribution in [0.4, 0.5) is 5.69 Å². The molecule has 0 atom stereocenters. The molecule has 116 valence electrons. The van der Waals surface area contributed by atoms with Gasteiger partial charge in [-0.1, -0.05) is 34.1 Å².